The summed E-state index contributed by atoms with van der Waals surface area (Å²) in [4.78, 5) is 13.2. The highest BCUT2D eigenvalue weighted by Gasteiger charge is 2.13. The average Bonchev–Trinajstić information content (AvgIpc) is 3.28. The van der Waals surface area contributed by atoms with Gasteiger partial charge in [-0.05, 0) is 42.3 Å². The second kappa shape index (κ2) is 8.52. The predicted octanol–water partition coefficient (Wildman–Crippen LogP) is 4.30. The quantitative estimate of drug-likeness (QED) is 0.510. The van der Waals surface area contributed by atoms with E-state index in [2.05, 4.69) is 32.3 Å². The van der Waals surface area contributed by atoms with Crippen molar-refractivity contribution in [3.05, 3.63) is 79.0 Å². The summed E-state index contributed by atoms with van der Waals surface area (Å²) >= 11 is 0. The highest BCUT2D eigenvalue weighted by atomic mass is 16.5. The Kier molecular flexibility index (Phi) is 5.47. The number of nitrogens with zero attached hydrogens (tertiary/aromatic N) is 5. The van der Waals surface area contributed by atoms with Crippen molar-refractivity contribution in [2.24, 2.45) is 0 Å². The van der Waals surface area contributed by atoms with Crippen LogP contribution in [0.5, 0.6) is 5.75 Å². The highest BCUT2D eigenvalue weighted by Crippen LogP contribution is 2.25. The Hall–Kier alpha value is -3.74. The Morgan fingerprint density at radius 1 is 1.07 bits per heavy atom. The molecule has 0 bridgehead atoms. The van der Waals surface area contributed by atoms with Crippen molar-refractivity contribution in [2.45, 2.75) is 19.4 Å². The Labute approximate surface area is 169 Å². The molecule has 0 aliphatic rings. The number of pyridine rings is 1. The lowest BCUT2D eigenvalue weighted by Gasteiger charge is -2.17. The smallest absolute Gasteiger partial charge is 0.223 e. The van der Waals surface area contributed by atoms with Gasteiger partial charge in [0.05, 0.1) is 25.0 Å². The van der Waals surface area contributed by atoms with E-state index in [1.807, 2.05) is 48.7 Å². The first-order valence-electron chi connectivity index (χ1n) is 9.46. The standard InChI is InChI=1S/C22H22N6O/c1-3-18(16-8-11-23-12-9-16)26-22-24-13-10-19(27-22)17-14-25-28(15-17)20-6-4-5-7-21(20)29-2/h4-15,18H,3H2,1-2H3,(H,24,26,27)/t18-/m1/s1. The van der Waals surface area contributed by atoms with Gasteiger partial charge in [-0.2, -0.15) is 5.10 Å². The summed E-state index contributed by atoms with van der Waals surface area (Å²) in [5, 5.41) is 7.89. The maximum Gasteiger partial charge on any atom is 0.223 e. The fourth-order valence-electron chi connectivity index (χ4n) is 3.17. The van der Waals surface area contributed by atoms with Crippen molar-refractivity contribution in [2.75, 3.05) is 12.4 Å². The van der Waals surface area contributed by atoms with Gasteiger partial charge < -0.3 is 10.1 Å². The van der Waals surface area contributed by atoms with Crippen molar-refractivity contribution in [3.8, 4) is 22.7 Å². The molecule has 7 nitrogen and oxygen atoms in total. The molecule has 0 unspecified atom stereocenters. The molecule has 0 aliphatic carbocycles. The van der Waals surface area contributed by atoms with Crippen LogP contribution in [0.1, 0.15) is 24.9 Å². The monoisotopic (exact) mass is 386 g/mol. The lowest BCUT2D eigenvalue weighted by Crippen LogP contribution is -2.12. The first-order valence-corrected chi connectivity index (χ1v) is 9.46. The van der Waals surface area contributed by atoms with Gasteiger partial charge in [0.25, 0.3) is 0 Å². The van der Waals surface area contributed by atoms with E-state index in [4.69, 9.17) is 4.74 Å². The van der Waals surface area contributed by atoms with E-state index in [0.717, 1.165) is 34.7 Å². The zero-order valence-electron chi connectivity index (χ0n) is 16.4. The van der Waals surface area contributed by atoms with Gasteiger partial charge in [-0.1, -0.05) is 19.1 Å². The van der Waals surface area contributed by atoms with Gasteiger partial charge in [-0.15, -0.1) is 0 Å². The van der Waals surface area contributed by atoms with E-state index in [-0.39, 0.29) is 6.04 Å². The van der Waals surface area contributed by atoms with Gasteiger partial charge in [0.15, 0.2) is 0 Å². The Morgan fingerprint density at radius 2 is 1.90 bits per heavy atom. The molecule has 146 valence electrons. The molecule has 1 atom stereocenters. The van der Waals surface area contributed by atoms with E-state index < -0.39 is 0 Å². The molecule has 0 radical (unpaired) electrons. The molecule has 0 aliphatic heterocycles. The Morgan fingerprint density at radius 3 is 2.69 bits per heavy atom. The van der Waals surface area contributed by atoms with Crippen LogP contribution in [0.4, 0.5) is 5.95 Å². The zero-order chi connectivity index (χ0) is 20.1. The SMILES string of the molecule is CC[C@@H](Nc1nccc(-c2cnn(-c3ccccc3OC)c2)n1)c1ccncc1. The van der Waals surface area contributed by atoms with Crippen LogP contribution in [0.2, 0.25) is 0 Å². The first kappa shape index (κ1) is 18.6. The van der Waals surface area contributed by atoms with Crippen molar-refractivity contribution in [1.82, 2.24) is 24.7 Å². The third-order valence-electron chi connectivity index (χ3n) is 4.69. The summed E-state index contributed by atoms with van der Waals surface area (Å²) in [6.45, 7) is 2.12. The van der Waals surface area contributed by atoms with Crippen LogP contribution in [0.3, 0.4) is 0 Å². The van der Waals surface area contributed by atoms with Gasteiger partial charge in [0, 0.05) is 30.4 Å². The fraction of sp³-hybridized carbons (Fsp3) is 0.182. The number of hydrogen-bond donors (Lipinski definition) is 1. The minimum Gasteiger partial charge on any atom is -0.494 e. The van der Waals surface area contributed by atoms with E-state index >= 15 is 0 Å². The molecule has 0 fully saturated rings. The number of ether oxygens (including phenoxy) is 1. The first-order chi connectivity index (χ1) is 14.3. The lowest BCUT2D eigenvalue weighted by molar-refractivity contribution is 0.411. The lowest BCUT2D eigenvalue weighted by atomic mass is 10.1. The molecule has 3 heterocycles. The van der Waals surface area contributed by atoms with Crippen LogP contribution in [0.15, 0.2) is 73.4 Å². The maximum atomic E-state index is 5.43. The molecule has 1 N–H and O–H groups in total. The number of anilines is 1. The summed E-state index contributed by atoms with van der Waals surface area (Å²) in [5.41, 5.74) is 3.73. The van der Waals surface area contributed by atoms with E-state index in [1.165, 1.54) is 0 Å². The molecule has 4 rings (SSSR count). The number of rotatable bonds is 7. The second-order valence-electron chi connectivity index (χ2n) is 6.50. The van der Waals surface area contributed by atoms with Gasteiger partial charge in [0.2, 0.25) is 5.95 Å². The van der Waals surface area contributed by atoms with Crippen LogP contribution >= 0.6 is 0 Å². The minimum absolute atomic E-state index is 0.115. The van der Waals surface area contributed by atoms with Crippen molar-refractivity contribution < 1.29 is 4.74 Å². The molecular formula is C22H22N6O. The van der Waals surface area contributed by atoms with Crippen LogP contribution in [-0.4, -0.2) is 31.8 Å². The van der Waals surface area contributed by atoms with Crippen molar-refractivity contribution in [1.29, 1.82) is 0 Å². The summed E-state index contributed by atoms with van der Waals surface area (Å²) in [7, 11) is 1.65. The van der Waals surface area contributed by atoms with Gasteiger partial charge in [0.1, 0.15) is 11.4 Å². The zero-order valence-corrected chi connectivity index (χ0v) is 16.4. The van der Waals surface area contributed by atoms with Crippen LogP contribution in [0, 0.1) is 0 Å². The number of methoxy groups -OCH3 is 1. The van der Waals surface area contributed by atoms with Crippen LogP contribution in [0.25, 0.3) is 16.9 Å². The molecule has 0 spiro atoms. The van der Waals surface area contributed by atoms with Gasteiger partial charge >= 0.3 is 0 Å². The Balaban J connectivity index is 1.59. The molecule has 4 aromatic rings. The van der Waals surface area contributed by atoms with E-state index in [1.54, 1.807) is 36.6 Å². The second-order valence-corrected chi connectivity index (χ2v) is 6.50. The molecule has 3 aromatic heterocycles. The molecule has 0 saturated heterocycles. The highest BCUT2D eigenvalue weighted by molar-refractivity contribution is 5.59. The molecule has 29 heavy (non-hydrogen) atoms. The molecule has 0 saturated carbocycles. The summed E-state index contributed by atoms with van der Waals surface area (Å²) < 4.78 is 7.22. The average molecular weight is 386 g/mol. The maximum absolute atomic E-state index is 5.43. The number of benzene rings is 1. The van der Waals surface area contributed by atoms with E-state index in [9.17, 15) is 0 Å². The fourth-order valence-corrected chi connectivity index (χ4v) is 3.17. The van der Waals surface area contributed by atoms with Crippen LogP contribution < -0.4 is 10.1 Å². The summed E-state index contributed by atoms with van der Waals surface area (Å²) in [6, 6.07) is 13.8. The van der Waals surface area contributed by atoms with E-state index in [0.29, 0.717) is 5.95 Å². The number of hydrogen-bond acceptors (Lipinski definition) is 6. The molecular weight excluding hydrogens is 364 g/mol. The molecule has 7 heteroatoms. The normalized spacial score (nSPS) is 11.8. The topological polar surface area (TPSA) is 77.8 Å². The molecule has 1 aromatic carbocycles. The number of nitrogens with one attached hydrogen (secondary N) is 1. The third-order valence-corrected chi connectivity index (χ3v) is 4.69. The minimum atomic E-state index is 0.115. The van der Waals surface area contributed by atoms with Gasteiger partial charge in [-0.3, -0.25) is 4.98 Å². The summed E-state index contributed by atoms with van der Waals surface area (Å²) in [6.07, 6.45) is 9.98. The number of para-hydroxylation sites is 2. The van der Waals surface area contributed by atoms with Gasteiger partial charge in [-0.25, -0.2) is 14.6 Å². The van der Waals surface area contributed by atoms with Crippen molar-refractivity contribution in [3.63, 3.8) is 0 Å². The third kappa shape index (κ3) is 4.08. The van der Waals surface area contributed by atoms with Crippen LogP contribution in [-0.2, 0) is 0 Å². The largest absolute Gasteiger partial charge is 0.494 e. The Bertz CT molecular complexity index is 1080. The molecule has 0 amide bonds. The van der Waals surface area contributed by atoms with Crippen molar-refractivity contribution >= 4 is 5.95 Å². The summed E-state index contributed by atoms with van der Waals surface area (Å²) in [5.74, 6) is 1.34. The number of aromatic nitrogens is 5. The predicted molar refractivity (Wildman–Crippen MR) is 112 cm³/mol.